The Balaban J connectivity index is 1.69. The van der Waals surface area contributed by atoms with Crippen LogP contribution in [-0.2, 0) is 6.42 Å². The molecule has 0 radical (unpaired) electrons. The van der Waals surface area contributed by atoms with Gasteiger partial charge in [-0.3, -0.25) is 4.98 Å². The van der Waals surface area contributed by atoms with Gasteiger partial charge in [0.25, 0.3) is 0 Å². The monoisotopic (exact) mass is 375 g/mol. The number of aromatic hydroxyl groups is 1. The first-order valence-corrected chi connectivity index (χ1v) is 9.98. The smallest absolute Gasteiger partial charge is 0.343 e. The first-order chi connectivity index (χ1) is 13.7. The summed E-state index contributed by atoms with van der Waals surface area (Å²) < 4.78 is 5.76. The molecule has 3 aromatic rings. The Hall–Kier alpha value is -2.88. The third kappa shape index (κ3) is 3.86. The van der Waals surface area contributed by atoms with Gasteiger partial charge in [-0.25, -0.2) is 4.79 Å². The van der Waals surface area contributed by atoms with E-state index in [2.05, 4.69) is 11.9 Å². The second kappa shape index (κ2) is 8.01. The van der Waals surface area contributed by atoms with Crippen molar-refractivity contribution in [2.24, 2.45) is 5.92 Å². The minimum atomic E-state index is -0.413. The molecule has 0 amide bonds. The zero-order valence-electron chi connectivity index (χ0n) is 16.0. The summed E-state index contributed by atoms with van der Waals surface area (Å²) in [5.74, 6) is 0.923. The predicted octanol–water partition coefficient (Wildman–Crippen LogP) is 5.02. The second-order valence-electron chi connectivity index (χ2n) is 7.63. The maximum Gasteiger partial charge on any atom is 0.343 e. The number of hydrogen-bond donors (Lipinski definition) is 1. The van der Waals surface area contributed by atoms with Crippen molar-refractivity contribution in [1.29, 1.82) is 0 Å². The van der Waals surface area contributed by atoms with Crippen molar-refractivity contribution < 1.29 is 9.52 Å². The molecule has 1 aromatic carbocycles. The lowest BCUT2D eigenvalue weighted by Gasteiger charge is -2.19. The quantitative estimate of drug-likeness (QED) is 0.630. The molecule has 1 aliphatic carbocycles. The molecule has 2 aromatic heterocycles. The molecule has 4 nitrogen and oxygen atoms in total. The Kier molecular flexibility index (Phi) is 5.29. The van der Waals surface area contributed by atoms with E-state index in [0.29, 0.717) is 17.2 Å². The topological polar surface area (TPSA) is 63.3 Å². The first kappa shape index (κ1) is 18.5. The lowest BCUT2D eigenvalue weighted by molar-refractivity contribution is 0.379. The van der Waals surface area contributed by atoms with Crippen LogP contribution in [0.2, 0.25) is 0 Å². The lowest BCUT2D eigenvalue weighted by Crippen LogP contribution is -2.17. The number of pyridine rings is 1. The Morgan fingerprint density at radius 2 is 1.86 bits per heavy atom. The summed E-state index contributed by atoms with van der Waals surface area (Å²) >= 11 is 0. The van der Waals surface area contributed by atoms with E-state index in [1.54, 1.807) is 18.5 Å². The molecule has 0 aliphatic heterocycles. The largest absolute Gasteiger partial charge is 0.507 e. The summed E-state index contributed by atoms with van der Waals surface area (Å²) in [6.07, 6.45) is 7.22. The van der Waals surface area contributed by atoms with Crippen molar-refractivity contribution in [3.63, 3.8) is 0 Å². The van der Waals surface area contributed by atoms with E-state index in [4.69, 9.17) is 4.42 Å². The molecule has 1 aliphatic rings. The molecule has 0 spiro atoms. The Morgan fingerprint density at radius 3 is 2.46 bits per heavy atom. The number of rotatable bonds is 7. The first-order valence-electron chi connectivity index (χ1n) is 9.98. The Labute approximate surface area is 164 Å². The molecule has 1 saturated carbocycles. The van der Waals surface area contributed by atoms with Gasteiger partial charge < -0.3 is 9.52 Å². The molecule has 4 heteroatoms. The van der Waals surface area contributed by atoms with Gasteiger partial charge in [-0.1, -0.05) is 37.3 Å². The molecule has 1 N–H and O–H groups in total. The summed E-state index contributed by atoms with van der Waals surface area (Å²) in [6, 6.07) is 15.5. The average Bonchev–Trinajstić information content (AvgIpc) is 3.55. The van der Waals surface area contributed by atoms with E-state index >= 15 is 0 Å². The third-order valence-corrected chi connectivity index (χ3v) is 5.68. The zero-order valence-corrected chi connectivity index (χ0v) is 16.0. The number of benzene rings is 1. The maximum atomic E-state index is 12.9. The van der Waals surface area contributed by atoms with Crippen LogP contribution in [0, 0.1) is 5.92 Å². The van der Waals surface area contributed by atoms with Crippen LogP contribution in [0.4, 0.5) is 0 Å². The van der Waals surface area contributed by atoms with Crippen LogP contribution in [0.25, 0.3) is 0 Å². The van der Waals surface area contributed by atoms with Crippen LogP contribution < -0.4 is 5.63 Å². The minimum Gasteiger partial charge on any atom is -0.507 e. The molecular formula is C24H25NO3. The highest BCUT2D eigenvalue weighted by molar-refractivity contribution is 5.42. The predicted molar refractivity (Wildman–Crippen MR) is 109 cm³/mol. The van der Waals surface area contributed by atoms with Crippen molar-refractivity contribution >= 4 is 0 Å². The van der Waals surface area contributed by atoms with E-state index in [1.165, 1.54) is 0 Å². The van der Waals surface area contributed by atoms with Gasteiger partial charge in [0.1, 0.15) is 11.5 Å². The van der Waals surface area contributed by atoms with Crippen molar-refractivity contribution in [1.82, 2.24) is 4.98 Å². The second-order valence-corrected chi connectivity index (χ2v) is 7.63. The number of aromatic nitrogens is 1. The molecule has 2 unspecified atom stereocenters. The van der Waals surface area contributed by atoms with Crippen molar-refractivity contribution in [3.8, 4) is 5.75 Å². The highest BCUT2D eigenvalue weighted by Crippen LogP contribution is 2.47. The maximum absolute atomic E-state index is 12.9. The van der Waals surface area contributed by atoms with E-state index in [-0.39, 0.29) is 17.6 Å². The van der Waals surface area contributed by atoms with E-state index in [9.17, 15) is 9.90 Å². The third-order valence-electron chi connectivity index (χ3n) is 5.68. The SMILES string of the molecule is CCC(Cc1ccncc1)c1cc(O)c(C(c2ccccc2)C2CC2)c(=O)o1. The van der Waals surface area contributed by atoms with E-state index in [0.717, 1.165) is 36.8 Å². The van der Waals surface area contributed by atoms with E-state index < -0.39 is 5.63 Å². The van der Waals surface area contributed by atoms with E-state index in [1.807, 2.05) is 42.5 Å². The lowest BCUT2D eigenvalue weighted by atomic mass is 9.87. The van der Waals surface area contributed by atoms with Gasteiger partial charge in [0.05, 0.1) is 5.56 Å². The molecule has 144 valence electrons. The zero-order chi connectivity index (χ0) is 19.5. The van der Waals surface area contributed by atoms with Crippen LogP contribution in [0.15, 0.2) is 70.1 Å². The molecule has 1 fully saturated rings. The molecule has 28 heavy (non-hydrogen) atoms. The van der Waals surface area contributed by atoms with Gasteiger partial charge in [0.2, 0.25) is 0 Å². The van der Waals surface area contributed by atoms with Gasteiger partial charge in [-0.2, -0.15) is 0 Å². The van der Waals surface area contributed by atoms with Crippen LogP contribution >= 0.6 is 0 Å². The summed E-state index contributed by atoms with van der Waals surface area (Å²) in [5.41, 5.74) is 2.18. The number of hydrogen-bond acceptors (Lipinski definition) is 4. The van der Waals surface area contributed by atoms with Crippen molar-refractivity contribution in [2.75, 3.05) is 0 Å². The van der Waals surface area contributed by atoms with Gasteiger partial charge in [-0.05, 0) is 54.9 Å². The van der Waals surface area contributed by atoms with Crippen LogP contribution in [-0.4, -0.2) is 10.1 Å². The standard InChI is InChI=1S/C24H25NO3/c1-2-17(14-16-10-12-25-13-11-16)21-15-20(26)23(24(27)28-21)22(19-8-9-19)18-6-4-3-5-7-18/h3-7,10-13,15,17,19,22,26H,2,8-9,14H2,1H3. The highest BCUT2D eigenvalue weighted by Gasteiger charge is 2.37. The molecule has 4 rings (SSSR count). The van der Waals surface area contributed by atoms with Crippen molar-refractivity contribution in [3.05, 3.63) is 93.8 Å². The Bertz CT molecular complexity index is 978. The molecule has 0 bridgehead atoms. The van der Waals surface area contributed by atoms with Gasteiger partial charge in [-0.15, -0.1) is 0 Å². The highest BCUT2D eigenvalue weighted by atomic mass is 16.4. The molecule has 2 heterocycles. The molecule has 0 saturated heterocycles. The van der Waals surface area contributed by atoms with Gasteiger partial charge >= 0.3 is 5.63 Å². The fourth-order valence-corrected chi connectivity index (χ4v) is 4.01. The summed E-state index contributed by atoms with van der Waals surface area (Å²) in [4.78, 5) is 17.0. The van der Waals surface area contributed by atoms with Gasteiger partial charge in [0.15, 0.2) is 0 Å². The summed E-state index contributed by atoms with van der Waals surface area (Å²) in [6.45, 7) is 2.06. The fraction of sp³-hybridized carbons (Fsp3) is 0.333. The van der Waals surface area contributed by atoms with Crippen LogP contribution in [0.3, 0.4) is 0 Å². The average molecular weight is 375 g/mol. The van der Waals surface area contributed by atoms with Crippen LogP contribution in [0.5, 0.6) is 5.75 Å². The molecular weight excluding hydrogens is 350 g/mol. The fourth-order valence-electron chi connectivity index (χ4n) is 4.01. The summed E-state index contributed by atoms with van der Waals surface area (Å²) in [7, 11) is 0. The van der Waals surface area contributed by atoms with Crippen molar-refractivity contribution in [2.45, 2.75) is 44.4 Å². The normalized spacial score (nSPS) is 15.9. The number of nitrogens with zero attached hydrogens (tertiary/aromatic N) is 1. The minimum absolute atomic E-state index is 0.0335. The molecule has 2 atom stereocenters. The van der Waals surface area contributed by atoms with Crippen LogP contribution in [0.1, 0.15) is 60.5 Å². The Morgan fingerprint density at radius 1 is 1.14 bits per heavy atom. The van der Waals surface area contributed by atoms with Gasteiger partial charge in [0, 0.05) is 30.3 Å². The summed E-state index contributed by atoms with van der Waals surface area (Å²) in [5, 5.41) is 10.8.